The molecule has 8 heteroatoms. The van der Waals surface area contributed by atoms with E-state index in [1.165, 1.54) is 16.2 Å². The van der Waals surface area contributed by atoms with Gasteiger partial charge in [0.25, 0.3) is 0 Å². The largest absolute Gasteiger partial charge is 0.347 e. The predicted octanol–water partition coefficient (Wildman–Crippen LogP) is 0.935. The van der Waals surface area contributed by atoms with Gasteiger partial charge in [-0.1, -0.05) is 11.2 Å². The summed E-state index contributed by atoms with van der Waals surface area (Å²) in [5.41, 5.74) is 0. The van der Waals surface area contributed by atoms with Crippen molar-refractivity contribution in [3.63, 3.8) is 0 Å². The number of thiophene rings is 1. The van der Waals surface area contributed by atoms with E-state index in [9.17, 15) is 9.59 Å². The van der Waals surface area contributed by atoms with E-state index in [-0.39, 0.29) is 24.8 Å². The summed E-state index contributed by atoms with van der Waals surface area (Å²) in [5, 5.41) is 8.35. The second-order valence-corrected chi connectivity index (χ2v) is 5.50. The summed E-state index contributed by atoms with van der Waals surface area (Å²) < 4.78 is 5.09. The third-order valence-electron chi connectivity index (χ3n) is 2.71. The molecule has 2 amide bonds. The Labute approximate surface area is 126 Å². The Hall–Kier alpha value is -2.22. The lowest BCUT2D eigenvalue weighted by Gasteiger charge is -2.10. The number of hydrogen-bond donors (Lipinski definition) is 1. The van der Waals surface area contributed by atoms with E-state index in [0.29, 0.717) is 18.1 Å². The number of hydrogen-bond acceptors (Lipinski definition) is 6. The first-order valence-electron chi connectivity index (χ1n) is 6.39. The van der Waals surface area contributed by atoms with E-state index in [2.05, 4.69) is 15.5 Å². The van der Waals surface area contributed by atoms with Crippen LogP contribution in [0.3, 0.4) is 0 Å². The Morgan fingerprint density at radius 3 is 2.90 bits per heavy atom. The SMILES string of the molecule is CN(C)C(=O)CNC(=O)CCc1nc(-c2cccs2)no1. The lowest BCUT2D eigenvalue weighted by Crippen LogP contribution is -2.36. The number of nitrogens with zero attached hydrogens (tertiary/aromatic N) is 3. The summed E-state index contributed by atoms with van der Waals surface area (Å²) in [6, 6.07) is 3.81. The van der Waals surface area contributed by atoms with Crippen molar-refractivity contribution >= 4 is 23.2 Å². The molecule has 0 aliphatic heterocycles. The quantitative estimate of drug-likeness (QED) is 0.858. The second kappa shape index (κ2) is 6.98. The summed E-state index contributed by atoms with van der Waals surface area (Å²) in [6.45, 7) is -0.00386. The maximum atomic E-state index is 11.6. The number of nitrogens with one attached hydrogen (secondary N) is 1. The van der Waals surface area contributed by atoms with Gasteiger partial charge in [-0.05, 0) is 11.4 Å². The number of carbonyl (C=O) groups is 2. The fourth-order valence-corrected chi connectivity index (χ4v) is 2.15. The predicted molar refractivity (Wildman–Crippen MR) is 77.6 cm³/mol. The van der Waals surface area contributed by atoms with Gasteiger partial charge in [-0.3, -0.25) is 9.59 Å². The molecule has 0 aromatic carbocycles. The van der Waals surface area contributed by atoms with Gasteiger partial charge < -0.3 is 14.7 Å². The van der Waals surface area contributed by atoms with Gasteiger partial charge in [0.05, 0.1) is 11.4 Å². The molecule has 2 rings (SSSR count). The van der Waals surface area contributed by atoms with Crippen molar-refractivity contribution in [1.82, 2.24) is 20.4 Å². The van der Waals surface area contributed by atoms with Gasteiger partial charge in [-0.15, -0.1) is 11.3 Å². The Bertz CT molecular complexity index is 607. The van der Waals surface area contributed by atoms with E-state index in [0.717, 1.165) is 4.88 Å². The minimum absolute atomic E-state index is 0.00386. The zero-order valence-electron chi connectivity index (χ0n) is 11.8. The van der Waals surface area contributed by atoms with Crippen LogP contribution >= 0.6 is 11.3 Å². The Balaban J connectivity index is 1.78. The number of carbonyl (C=O) groups excluding carboxylic acids is 2. The number of aryl methyl sites for hydroxylation is 1. The minimum atomic E-state index is -0.221. The number of likely N-dealkylation sites (N-methyl/N-ethyl adjacent to an activating group) is 1. The van der Waals surface area contributed by atoms with Crippen LogP contribution in [0.15, 0.2) is 22.0 Å². The molecular weight excluding hydrogens is 292 g/mol. The van der Waals surface area contributed by atoms with Crippen LogP contribution in [-0.2, 0) is 16.0 Å². The molecule has 21 heavy (non-hydrogen) atoms. The maximum absolute atomic E-state index is 11.6. The molecule has 0 aliphatic carbocycles. The highest BCUT2D eigenvalue weighted by Crippen LogP contribution is 2.21. The van der Waals surface area contributed by atoms with Gasteiger partial charge in [0.2, 0.25) is 23.5 Å². The van der Waals surface area contributed by atoms with Crippen LogP contribution in [0.4, 0.5) is 0 Å². The normalized spacial score (nSPS) is 10.4. The highest BCUT2D eigenvalue weighted by Gasteiger charge is 2.12. The van der Waals surface area contributed by atoms with Gasteiger partial charge in [0.15, 0.2) is 0 Å². The topological polar surface area (TPSA) is 88.3 Å². The lowest BCUT2D eigenvalue weighted by molar-refractivity contribution is -0.130. The van der Waals surface area contributed by atoms with E-state index < -0.39 is 0 Å². The van der Waals surface area contributed by atoms with Gasteiger partial charge in [0, 0.05) is 26.9 Å². The van der Waals surface area contributed by atoms with Crippen LogP contribution in [-0.4, -0.2) is 47.5 Å². The smallest absolute Gasteiger partial charge is 0.241 e. The van der Waals surface area contributed by atoms with Gasteiger partial charge in [0.1, 0.15) is 0 Å². The summed E-state index contributed by atoms with van der Waals surface area (Å²) in [6.07, 6.45) is 0.549. The molecule has 0 atom stereocenters. The Morgan fingerprint density at radius 2 is 2.24 bits per heavy atom. The van der Waals surface area contributed by atoms with Crippen molar-refractivity contribution in [3.8, 4) is 10.7 Å². The maximum Gasteiger partial charge on any atom is 0.241 e. The number of aromatic nitrogens is 2. The standard InChI is InChI=1S/C13H16N4O3S/c1-17(2)12(19)8-14-10(18)5-6-11-15-13(16-20-11)9-4-3-7-21-9/h3-4,7H,5-6,8H2,1-2H3,(H,14,18). The summed E-state index contributed by atoms with van der Waals surface area (Å²) in [5.74, 6) is 0.567. The van der Waals surface area contributed by atoms with Crippen molar-refractivity contribution in [2.45, 2.75) is 12.8 Å². The monoisotopic (exact) mass is 308 g/mol. The van der Waals surface area contributed by atoms with Crippen LogP contribution in [0.2, 0.25) is 0 Å². The zero-order chi connectivity index (χ0) is 15.2. The van der Waals surface area contributed by atoms with E-state index >= 15 is 0 Å². The molecular formula is C13H16N4O3S. The van der Waals surface area contributed by atoms with Crippen molar-refractivity contribution in [2.75, 3.05) is 20.6 Å². The average molecular weight is 308 g/mol. The van der Waals surface area contributed by atoms with E-state index in [1.807, 2.05) is 17.5 Å². The second-order valence-electron chi connectivity index (χ2n) is 4.55. The van der Waals surface area contributed by atoms with Crippen LogP contribution < -0.4 is 5.32 Å². The highest BCUT2D eigenvalue weighted by molar-refractivity contribution is 7.13. The third-order valence-corrected chi connectivity index (χ3v) is 3.58. The molecule has 1 N–H and O–H groups in total. The summed E-state index contributed by atoms with van der Waals surface area (Å²) in [4.78, 5) is 29.5. The molecule has 0 saturated heterocycles. The van der Waals surface area contributed by atoms with Crippen LogP contribution in [0.25, 0.3) is 10.7 Å². The fraction of sp³-hybridized carbons (Fsp3) is 0.385. The highest BCUT2D eigenvalue weighted by atomic mass is 32.1. The molecule has 0 bridgehead atoms. The van der Waals surface area contributed by atoms with Crippen molar-refractivity contribution in [1.29, 1.82) is 0 Å². The van der Waals surface area contributed by atoms with Crippen molar-refractivity contribution < 1.29 is 14.1 Å². The molecule has 7 nitrogen and oxygen atoms in total. The van der Waals surface area contributed by atoms with Gasteiger partial charge in [-0.25, -0.2) is 0 Å². The Kier molecular flexibility index (Phi) is 5.04. The molecule has 0 fully saturated rings. The van der Waals surface area contributed by atoms with Gasteiger partial charge >= 0.3 is 0 Å². The Morgan fingerprint density at radius 1 is 1.43 bits per heavy atom. The zero-order valence-corrected chi connectivity index (χ0v) is 12.6. The molecule has 112 valence electrons. The molecule has 0 saturated carbocycles. The molecule has 0 radical (unpaired) electrons. The van der Waals surface area contributed by atoms with Crippen molar-refractivity contribution in [3.05, 3.63) is 23.4 Å². The number of amides is 2. The van der Waals surface area contributed by atoms with Crippen LogP contribution in [0, 0.1) is 0 Å². The van der Waals surface area contributed by atoms with Crippen LogP contribution in [0.5, 0.6) is 0 Å². The molecule has 2 aromatic rings. The molecule has 0 aliphatic rings. The first-order valence-corrected chi connectivity index (χ1v) is 7.27. The number of rotatable bonds is 6. The minimum Gasteiger partial charge on any atom is -0.347 e. The van der Waals surface area contributed by atoms with Crippen molar-refractivity contribution in [2.24, 2.45) is 0 Å². The summed E-state index contributed by atoms with van der Waals surface area (Å²) in [7, 11) is 3.28. The summed E-state index contributed by atoms with van der Waals surface area (Å²) >= 11 is 1.52. The molecule has 2 heterocycles. The third kappa shape index (κ3) is 4.38. The average Bonchev–Trinajstić information content (AvgIpc) is 3.12. The van der Waals surface area contributed by atoms with E-state index in [1.54, 1.807) is 14.1 Å². The van der Waals surface area contributed by atoms with Crippen LogP contribution in [0.1, 0.15) is 12.3 Å². The first kappa shape index (κ1) is 15.2. The van der Waals surface area contributed by atoms with Gasteiger partial charge in [-0.2, -0.15) is 4.98 Å². The molecule has 2 aromatic heterocycles. The molecule has 0 spiro atoms. The molecule has 0 unspecified atom stereocenters. The lowest BCUT2D eigenvalue weighted by atomic mass is 10.3. The van der Waals surface area contributed by atoms with E-state index in [4.69, 9.17) is 4.52 Å². The fourth-order valence-electron chi connectivity index (χ4n) is 1.50. The first-order chi connectivity index (χ1) is 10.1.